The van der Waals surface area contributed by atoms with Crippen LogP contribution in [0.5, 0.6) is 0 Å². The van der Waals surface area contributed by atoms with Gasteiger partial charge in [0.1, 0.15) is 17.1 Å². The number of rotatable bonds is 13. The molecule has 0 radical (unpaired) electrons. The quantitative estimate of drug-likeness (QED) is 0.0780. The number of oxime groups is 1. The van der Waals surface area contributed by atoms with E-state index in [0.29, 0.717) is 10.7 Å². The molecular weight excluding hydrogens is 703 g/mol. The van der Waals surface area contributed by atoms with E-state index >= 15 is 0 Å². The molecule has 6 rings (SSSR count). The molecule has 1 unspecified atom stereocenters. The van der Waals surface area contributed by atoms with E-state index in [9.17, 15) is 19.2 Å². The largest absolute Gasteiger partial charge is 0.479 e. The molecule has 254 valence electrons. The highest BCUT2D eigenvalue weighted by molar-refractivity contribution is 8.08. The van der Waals surface area contributed by atoms with Gasteiger partial charge in [-0.25, -0.2) is 9.59 Å². The summed E-state index contributed by atoms with van der Waals surface area (Å²) in [6.07, 6.45) is 4.44. The first-order chi connectivity index (χ1) is 24.3. The third kappa shape index (κ3) is 7.85. The number of carboxylic acid groups (broad SMARTS) is 1. The molecule has 14 nitrogen and oxygen atoms in total. The van der Waals surface area contributed by atoms with Crippen molar-refractivity contribution in [3.63, 3.8) is 0 Å². The second-order valence-corrected chi connectivity index (χ2v) is 13.4. The number of ether oxygens (including phenoxy) is 1. The van der Waals surface area contributed by atoms with Gasteiger partial charge in [0.25, 0.3) is 11.8 Å². The first-order valence-corrected chi connectivity index (χ1v) is 17.5. The zero-order valence-corrected chi connectivity index (χ0v) is 28.3. The molecule has 2 amide bonds. The number of nitrogen functional groups attached to an aromatic ring is 1. The average Bonchev–Trinajstić information content (AvgIpc) is 3.57. The Morgan fingerprint density at radius 1 is 1.10 bits per heavy atom. The van der Waals surface area contributed by atoms with Crippen molar-refractivity contribution >= 4 is 75.7 Å². The molecule has 2 aromatic carbocycles. The number of nitrogens with one attached hydrogen (secondary N) is 1. The average molecular weight is 730 g/mol. The molecule has 1 saturated heterocycles. The maximum Gasteiger partial charge on any atom is 0.356 e. The predicted octanol–water partition coefficient (Wildman–Crippen LogP) is 3.67. The monoisotopic (exact) mass is 729 g/mol. The summed E-state index contributed by atoms with van der Waals surface area (Å²) < 4.78 is 10.2. The number of hydrogen-bond acceptors (Lipinski definition) is 14. The van der Waals surface area contributed by atoms with E-state index in [0.717, 1.165) is 28.2 Å². The SMILES string of the molecule is Nc1nc(C(=NOCC(=O)O)C(=O)NC2C(=O)N3C(C(=O)OC(c4ccccc4)c4ccccc4)=C(S/C=C\c4cccnc4)CS[C@H]23)ns1. The Kier molecular flexibility index (Phi) is 10.9. The fraction of sp³-hybridized carbons (Fsp3) is 0.152. The van der Waals surface area contributed by atoms with Crippen molar-refractivity contribution in [3.05, 3.63) is 124 Å². The number of aliphatic carboxylic acids is 1. The zero-order valence-electron chi connectivity index (χ0n) is 25.8. The molecular formula is C33H27N7O7S3. The maximum absolute atomic E-state index is 14.2. The molecule has 1 fully saturated rings. The molecule has 0 bridgehead atoms. The van der Waals surface area contributed by atoms with E-state index in [1.54, 1.807) is 12.4 Å². The summed E-state index contributed by atoms with van der Waals surface area (Å²) in [5.41, 5.74) is 7.61. The summed E-state index contributed by atoms with van der Waals surface area (Å²) >= 11 is 3.42. The maximum atomic E-state index is 14.2. The van der Waals surface area contributed by atoms with Crippen LogP contribution in [0.15, 0.2) is 106 Å². The van der Waals surface area contributed by atoms with Gasteiger partial charge in [-0.3, -0.25) is 19.5 Å². The molecule has 4 heterocycles. The normalized spacial score (nSPS) is 17.3. The standard InChI is InChI=1S/C33H27N7O7S3/c34-33-37-28(39-50-33)24(38-46-17-23(41)42)29(43)36-25-30(44)40-26(22(18-49-31(25)40)48-15-13-19-8-7-14-35-16-19)32(45)47-27(20-9-3-1-4-10-20)21-11-5-2-6-12-21/h1-16,25,27,31H,17-18H2,(H,36,43)(H,41,42)(H2,34,37,39)/b15-13-,38-24?/t25?,31-/m1/s1. The van der Waals surface area contributed by atoms with Crippen LogP contribution in [-0.4, -0.2) is 77.6 Å². The van der Waals surface area contributed by atoms with Crippen LogP contribution in [0.4, 0.5) is 5.13 Å². The van der Waals surface area contributed by atoms with Gasteiger partial charge in [0, 0.05) is 34.6 Å². The van der Waals surface area contributed by atoms with E-state index in [-0.39, 0.29) is 16.7 Å². The van der Waals surface area contributed by atoms with Crippen LogP contribution in [0.3, 0.4) is 0 Å². The molecule has 17 heteroatoms. The van der Waals surface area contributed by atoms with Gasteiger partial charge in [-0.1, -0.05) is 83.6 Å². The Bertz CT molecular complexity index is 1940. The van der Waals surface area contributed by atoms with Crippen molar-refractivity contribution in [1.82, 2.24) is 24.6 Å². The number of pyridine rings is 1. The number of anilines is 1. The molecule has 2 aromatic heterocycles. The number of hydrogen-bond donors (Lipinski definition) is 3. The third-order valence-corrected chi connectivity index (χ3v) is 10.1. The summed E-state index contributed by atoms with van der Waals surface area (Å²) in [6.45, 7) is -0.829. The number of carbonyl (C=O) groups is 4. The number of thioether (sulfide) groups is 2. The highest BCUT2D eigenvalue weighted by Crippen LogP contribution is 2.45. The van der Waals surface area contributed by atoms with Gasteiger partial charge in [0.15, 0.2) is 11.2 Å². The number of aromatic nitrogens is 3. The van der Waals surface area contributed by atoms with Crippen LogP contribution >= 0.6 is 35.1 Å². The molecule has 0 saturated carbocycles. The Balaban J connectivity index is 1.28. The molecule has 2 aliphatic heterocycles. The Labute approximate surface area is 297 Å². The fourth-order valence-electron chi connectivity index (χ4n) is 4.96. The molecule has 4 N–H and O–H groups in total. The minimum Gasteiger partial charge on any atom is -0.479 e. The first kappa shape index (κ1) is 34.3. The number of benzene rings is 2. The van der Waals surface area contributed by atoms with Gasteiger partial charge in [-0.05, 0) is 34.2 Å². The summed E-state index contributed by atoms with van der Waals surface area (Å²) in [4.78, 5) is 67.1. The van der Waals surface area contributed by atoms with Gasteiger partial charge < -0.3 is 25.7 Å². The van der Waals surface area contributed by atoms with Crippen molar-refractivity contribution in [1.29, 1.82) is 0 Å². The van der Waals surface area contributed by atoms with Crippen molar-refractivity contribution in [2.45, 2.75) is 17.5 Å². The predicted molar refractivity (Wildman–Crippen MR) is 188 cm³/mol. The lowest BCUT2D eigenvalue weighted by Gasteiger charge is -2.49. The second kappa shape index (κ2) is 15.8. The summed E-state index contributed by atoms with van der Waals surface area (Å²) in [7, 11) is 0. The van der Waals surface area contributed by atoms with E-state index in [4.69, 9.17) is 20.4 Å². The minimum absolute atomic E-state index is 0.0349. The van der Waals surface area contributed by atoms with Gasteiger partial charge in [-0.15, -0.1) is 11.8 Å². The molecule has 50 heavy (non-hydrogen) atoms. The number of β-lactam (4-membered cyclic amide) rings is 1. The molecule has 2 atom stereocenters. The zero-order chi connectivity index (χ0) is 35.0. The lowest BCUT2D eigenvalue weighted by molar-refractivity contribution is -0.154. The van der Waals surface area contributed by atoms with Gasteiger partial charge in [0.05, 0.1) is 0 Å². The smallest absolute Gasteiger partial charge is 0.356 e. The number of amides is 2. The van der Waals surface area contributed by atoms with Crippen molar-refractivity contribution < 1.29 is 33.9 Å². The summed E-state index contributed by atoms with van der Waals surface area (Å²) in [6, 6.07) is 21.2. The van der Waals surface area contributed by atoms with Crippen molar-refractivity contribution in [2.24, 2.45) is 5.16 Å². The van der Waals surface area contributed by atoms with E-state index in [1.807, 2.05) is 84.3 Å². The van der Waals surface area contributed by atoms with Crippen LogP contribution < -0.4 is 11.1 Å². The van der Waals surface area contributed by atoms with Crippen LogP contribution in [0.1, 0.15) is 28.6 Å². The van der Waals surface area contributed by atoms with Crippen LogP contribution in [0.2, 0.25) is 0 Å². The fourth-order valence-corrected chi connectivity index (χ4v) is 7.75. The molecule has 0 aliphatic carbocycles. The number of carbonyl (C=O) groups excluding carboxylic acids is 3. The van der Waals surface area contributed by atoms with Gasteiger partial charge in [-0.2, -0.15) is 9.36 Å². The Hall–Kier alpha value is -5.52. The summed E-state index contributed by atoms with van der Waals surface area (Å²) in [5.74, 6) is -3.38. The Morgan fingerprint density at radius 2 is 1.82 bits per heavy atom. The number of fused-ring (bicyclic) bond motifs is 1. The lowest BCUT2D eigenvalue weighted by atomic mass is 10.0. The third-order valence-electron chi connectivity index (χ3n) is 7.21. The molecule has 4 aromatic rings. The van der Waals surface area contributed by atoms with Crippen LogP contribution in [-0.2, 0) is 28.8 Å². The summed E-state index contributed by atoms with van der Waals surface area (Å²) in [5, 5.41) is 16.3. The highest BCUT2D eigenvalue weighted by Gasteiger charge is 2.55. The van der Waals surface area contributed by atoms with Gasteiger partial charge >= 0.3 is 11.9 Å². The van der Waals surface area contributed by atoms with Crippen LogP contribution in [0.25, 0.3) is 6.08 Å². The minimum atomic E-state index is -1.32. The van der Waals surface area contributed by atoms with Crippen LogP contribution in [0, 0.1) is 0 Å². The number of nitrogens with two attached hydrogens (primary N) is 1. The molecule has 2 aliphatic rings. The Morgan fingerprint density at radius 3 is 2.44 bits per heavy atom. The lowest BCUT2D eigenvalue weighted by Crippen LogP contribution is -2.71. The van der Waals surface area contributed by atoms with Crippen molar-refractivity contribution in [2.75, 3.05) is 18.1 Å². The van der Waals surface area contributed by atoms with E-state index < -0.39 is 53.6 Å². The van der Waals surface area contributed by atoms with E-state index in [2.05, 4.69) is 24.8 Å². The second-order valence-electron chi connectivity index (χ2n) is 10.5. The van der Waals surface area contributed by atoms with Gasteiger partial charge in [0.2, 0.25) is 18.1 Å². The number of carboxylic acids is 1. The van der Waals surface area contributed by atoms with E-state index in [1.165, 1.54) is 28.4 Å². The number of nitrogens with zero attached hydrogens (tertiary/aromatic N) is 5. The first-order valence-electron chi connectivity index (χ1n) is 14.8. The molecule has 0 spiro atoms. The number of esters is 1. The topological polar surface area (TPSA) is 199 Å². The highest BCUT2D eigenvalue weighted by atomic mass is 32.2. The van der Waals surface area contributed by atoms with Crippen molar-refractivity contribution in [3.8, 4) is 0 Å².